The molecule has 0 spiro atoms. The summed E-state index contributed by atoms with van der Waals surface area (Å²) in [6.07, 6.45) is -1.81. The van der Waals surface area contributed by atoms with E-state index in [4.69, 9.17) is 4.74 Å². The second-order valence-corrected chi connectivity index (χ2v) is 5.74. The first-order valence-corrected chi connectivity index (χ1v) is 6.14. The third-order valence-corrected chi connectivity index (χ3v) is 2.87. The molecular formula is C12H21F2NO3. The number of aliphatic hydroxyl groups is 1. The van der Waals surface area contributed by atoms with Gasteiger partial charge in [0.1, 0.15) is 11.7 Å². The summed E-state index contributed by atoms with van der Waals surface area (Å²) in [7, 11) is 0. The van der Waals surface area contributed by atoms with E-state index >= 15 is 0 Å². The van der Waals surface area contributed by atoms with Gasteiger partial charge in [-0.15, -0.1) is 0 Å². The highest BCUT2D eigenvalue weighted by molar-refractivity contribution is 5.67. The molecule has 0 aromatic carbocycles. The number of amides is 1. The molecule has 0 radical (unpaired) electrons. The number of nitrogens with one attached hydrogen (secondary N) is 1. The van der Waals surface area contributed by atoms with E-state index in [-0.39, 0.29) is 13.0 Å². The molecule has 1 amide bonds. The maximum atomic E-state index is 13.2. The lowest BCUT2D eigenvalue weighted by atomic mass is 9.84. The van der Waals surface area contributed by atoms with Crippen molar-refractivity contribution in [2.45, 2.75) is 57.7 Å². The minimum Gasteiger partial charge on any atom is -0.444 e. The molecule has 0 bridgehead atoms. The Kier molecular flexibility index (Phi) is 4.53. The van der Waals surface area contributed by atoms with Crippen LogP contribution in [-0.4, -0.2) is 35.4 Å². The van der Waals surface area contributed by atoms with Gasteiger partial charge in [-0.2, -0.15) is 0 Å². The molecule has 6 heteroatoms. The second-order valence-electron chi connectivity index (χ2n) is 5.74. The van der Waals surface area contributed by atoms with E-state index in [1.54, 1.807) is 20.8 Å². The third-order valence-electron chi connectivity index (χ3n) is 2.87. The van der Waals surface area contributed by atoms with E-state index in [1.807, 2.05) is 0 Å². The van der Waals surface area contributed by atoms with Crippen molar-refractivity contribution >= 4 is 6.09 Å². The molecule has 0 unspecified atom stereocenters. The van der Waals surface area contributed by atoms with Crippen molar-refractivity contribution in [1.29, 1.82) is 0 Å². The van der Waals surface area contributed by atoms with E-state index in [2.05, 4.69) is 5.32 Å². The molecule has 2 N–H and O–H groups in total. The van der Waals surface area contributed by atoms with Crippen molar-refractivity contribution in [2.75, 3.05) is 6.54 Å². The summed E-state index contributed by atoms with van der Waals surface area (Å²) >= 11 is 0. The number of hydrogen-bond acceptors (Lipinski definition) is 3. The normalized spacial score (nSPS) is 27.7. The van der Waals surface area contributed by atoms with Crippen molar-refractivity contribution in [3.05, 3.63) is 0 Å². The van der Waals surface area contributed by atoms with Crippen molar-refractivity contribution in [2.24, 2.45) is 5.92 Å². The fourth-order valence-electron chi connectivity index (χ4n) is 1.99. The molecule has 106 valence electrons. The van der Waals surface area contributed by atoms with Crippen LogP contribution in [0.2, 0.25) is 0 Å². The van der Waals surface area contributed by atoms with Crippen LogP contribution >= 0.6 is 0 Å². The first-order valence-electron chi connectivity index (χ1n) is 6.14. The molecule has 18 heavy (non-hydrogen) atoms. The largest absolute Gasteiger partial charge is 0.444 e. The number of alkyl halides is 2. The SMILES string of the molecule is CC(C)(C)OC(=O)NC[C@@H]1CCCC(F)(F)[C@H]1O. The van der Waals surface area contributed by atoms with Gasteiger partial charge in [-0.3, -0.25) is 0 Å². The predicted molar refractivity (Wildman–Crippen MR) is 62.5 cm³/mol. The van der Waals surface area contributed by atoms with Crippen LogP contribution < -0.4 is 5.32 Å². The zero-order valence-electron chi connectivity index (χ0n) is 11.0. The Hall–Kier alpha value is -0.910. The molecule has 0 heterocycles. The van der Waals surface area contributed by atoms with Crippen molar-refractivity contribution in [1.82, 2.24) is 5.32 Å². The molecule has 1 saturated carbocycles. The maximum Gasteiger partial charge on any atom is 0.407 e. The van der Waals surface area contributed by atoms with Crippen LogP contribution in [-0.2, 0) is 4.74 Å². The summed E-state index contributed by atoms with van der Waals surface area (Å²) in [6.45, 7) is 5.16. The minimum atomic E-state index is -3.06. The zero-order chi connectivity index (χ0) is 14.0. The maximum absolute atomic E-state index is 13.2. The van der Waals surface area contributed by atoms with Gasteiger partial charge in [0.25, 0.3) is 5.92 Å². The molecule has 2 atom stereocenters. The lowest BCUT2D eigenvalue weighted by molar-refractivity contribution is -0.154. The summed E-state index contributed by atoms with van der Waals surface area (Å²) in [4.78, 5) is 11.4. The molecular weight excluding hydrogens is 244 g/mol. The Morgan fingerprint density at radius 3 is 2.67 bits per heavy atom. The first kappa shape index (κ1) is 15.1. The van der Waals surface area contributed by atoms with E-state index < -0.39 is 29.6 Å². The molecule has 0 aromatic heterocycles. The molecule has 1 aliphatic carbocycles. The molecule has 1 rings (SSSR count). The number of halogens is 2. The van der Waals surface area contributed by atoms with Crippen LogP contribution in [0.15, 0.2) is 0 Å². The summed E-state index contributed by atoms with van der Waals surface area (Å²) in [5.41, 5.74) is -0.626. The topological polar surface area (TPSA) is 58.6 Å². The van der Waals surface area contributed by atoms with Crippen LogP contribution in [0, 0.1) is 5.92 Å². The average Bonchev–Trinajstić information content (AvgIpc) is 2.17. The summed E-state index contributed by atoms with van der Waals surface area (Å²) in [6, 6.07) is 0. The highest BCUT2D eigenvalue weighted by Crippen LogP contribution is 2.36. The van der Waals surface area contributed by atoms with Crippen LogP contribution in [0.4, 0.5) is 13.6 Å². The van der Waals surface area contributed by atoms with Gasteiger partial charge < -0.3 is 15.2 Å². The average molecular weight is 265 g/mol. The van der Waals surface area contributed by atoms with E-state index in [0.29, 0.717) is 12.8 Å². The van der Waals surface area contributed by atoms with Gasteiger partial charge in [0.15, 0.2) is 0 Å². The van der Waals surface area contributed by atoms with E-state index in [9.17, 15) is 18.7 Å². The number of alkyl carbamates (subject to hydrolysis) is 1. The fourth-order valence-corrected chi connectivity index (χ4v) is 1.99. The Bertz CT molecular complexity index is 302. The monoisotopic (exact) mass is 265 g/mol. The lowest BCUT2D eigenvalue weighted by Crippen LogP contribution is -2.47. The number of ether oxygens (including phenoxy) is 1. The summed E-state index contributed by atoms with van der Waals surface area (Å²) in [5, 5.41) is 11.9. The Balaban J connectivity index is 2.41. The Labute approximate surface area is 106 Å². The number of rotatable bonds is 2. The van der Waals surface area contributed by atoms with Crippen LogP contribution in [0.3, 0.4) is 0 Å². The van der Waals surface area contributed by atoms with Crippen molar-refractivity contribution in [3.8, 4) is 0 Å². The molecule has 1 fully saturated rings. The number of hydrogen-bond donors (Lipinski definition) is 2. The quantitative estimate of drug-likeness (QED) is 0.805. The van der Waals surface area contributed by atoms with Gasteiger partial charge in [0.05, 0.1) is 0 Å². The highest BCUT2D eigenvalue weighted by Gasteiger charge is 2.45. The fraction of sp³-hybridized carbons (Fsp3) is 0.917. The van der Waals surface area contributed by atoms with Crippen LogP contribution in [0.1, 0.15) is 40.0 Å². The standard InChI is InChI=1S/C12H21F2NO3/c1-11(2,3)18-10(17)15-7-8-5-4-6-12(13,14)9(8)16/h8-9,16H,4-7H2,1-3H3,(H,15,17)/t8-,9-/m0/s1. The van der Waals surface area contributed by atoms with Gasteiger partial charge in [0, 0.05) is 18.9 Å². The predicted octanol–water partition coefficient (Wildman–Crippen LogP) is 2.31. The number of carbonyl (C=O) groups excluding carboxylic acids is 1. The van der Waals surface area contributed by atoms with Gasteiger partial charge in [-0.05, 0) is 33.6 Å². The van der Waals surface area contributed by atoms with E-state index in [0.717, 1.165) is 0 Å². The zero-order valence-corrected chi connectivity index (χ0v) is 11.0. The molecule has 0 aromatic rings. The summed E-state index contributed by atoms with van der Waals surface area (Å²) in [5.74, 6) is -3.68. The third kappa shape index (κ3) is 4.40. The van der Waals surface area contributed by atoms with Gasteiger partial charge in [-0.25, -0.2) is 13.6 Å². The Morgan fingerprint density at radius 1 is 1.50 bits per heavy atom. The van der Waals surface area contributed by atoms with Crippen LogP contribution in [0.5, 0.6) is 0 Å². The lowest BCUT2D eigenvalue weighted by Gasteiger charge is -2.34. The molecule has 4 nitrogen and oxygen atoms in total. The summed E-state index contributed by atoms with van der Waals surface area (Å²) < 4.78 is 31.5. The Morgan fingerprint density at radius 2 is 2.11 bits per heavy atom. The molecule has 0 aliphatic heterocycles. The molecule has 0 saturated heterocycles. The number of carbonyl (C=O) groups is 1. The second kappa shape index (κ2) is 5.38. The first-order chi connectivity index (χ1) is 8.12. The molecule has 1 aliphatic rings. The van der Waals surface area contributed by atoms with Gasteiger partial charge >= 0.3 is 6.09 Å². The van der Waals surface area contributed by atoms with Crippen molar-refractivity contribution < 1.29 is 23.4 Å². The van der Waals surface area contributed by atoms with Crippen LogP contribution in [0.25, 0.3) is 0 Å². The van der Waals surface area contributed by atoms with E-state index in [1.165, 1.54) is 0 Å². The van der Waals surface area contributed by atoms with Gasteiger partial charge in [0.2, 0.25) is 0 Å². The number of aliphatic hydroxyl groups excluding tert-OH is 1. The minimum absolute atomic E-state index is 0.00562. The highest BCUT2D eigenvalue weighted by atomic mass is 19.3. The van der Waals surface area contributed by atoms with Crippen molar-refractivity contribution in [3.63, 3.8) is 0 Å². The smallest absolute Gasteiger partial charge is 0.407 e. The van der Waals surface area contributed by atoms with Gasteiger partial charge in [-0.1, -0.05) is 0 Å².